The van der Waals surface area contributed by atoms with Crippen LogP contribution in [0.3, 0.4) is 0 Å². The second kappa shape index (κ2) is 11.0. The molecule has 2 aromatic rings. The van der Waals surface area contributed by atoms with E-state index in [4.69, 9.17) is 0 Å². The molecule has 2 rings (SSSR count). The predicted octanol–water partition coefficient (Wildman–Crippen LogP) is 5.81. The summed E-state index contributed by atoms with van der Waals surface area (Å²) < 4.78 is 0. The van der Waals surface area contributed by atoms with Crippen molar-refractivity contribution in [1.29, 1.82) is 0 Å². The standard InChI is InChI=1S/C25H29NO2/c1-4-6-19-26(25(28)22-17-15-20(3)16-18-22)24(14-10-13-23(27)5-2)21-11-8-7-9-12-21/h7-18H,4-6,19H2,1-3H3. The first-order valence-corrected chi connectivity index (χ1v) is 9.92. The van der Waals surface area contributed by atoms with Crippen LogP contribution in [-0.4, -0.2) is 23.1 Å². The molecule has 0 N–H and O–H groups in total. The summed E-state index contributed by atoms with van der Waals surface area (Å²) in [5.74, 6) is 0.0346. The average Bonchev–Trinajstić information content (AvgIpc) is 2.73. The molecule has 0 saturated carbocycles. The maximum absolute atomic E-state index is 13.3. The molecular formula is C25H29NO2. The smallest absolute Gasteiger partial charge is 0.258 e. The molecule has 0 unspecified atom stereocenters. The first kappa shape index (κ1) is 21.4. The molecule has 0 aliphatic heterocycles. The number of amides is 1. The number of hydrogen-bond donors (Lipinski definition) is 0. The fourth-order valence-corrected chi connectivity index (χ4v) is 2.81. The van der Waals surface area contributed by atoms with Gasteiger partial charge < -0.3 is 4.90 Å². The van der Waals surface area contributed by atoms with Gasteiger partial charge >= 0.3 is 0 Å². The van der Waals surface area contributed by atoms with E-state index in [0.29, 0.717) is 18.5 Å². The van der Waals surface area contributed by atoms with Crippen LogP contribution in [0.5, 0.6) is 0 Å². The minimum atomic E-state index is -0.0289. The largest absolute Gasteiger partial charge is 0.308 e. The molecule has 0 saturated heterocycles. The van der Waals surface area contributed by atoms with Gasteiger partial charge in [0.2, 0.25) is 0 Å². The number of aryl methyl sites for hydroxylation is 1. The Hall–Kier alpha value is -2.94. The van der Waals surface area contributed by atoms with Crippen molar-refractivity contribution in [2.45, 2.75) is 40.0 Å². The van der Waals surface area contributed by atoms with E-state index >= 15 is 0 Å². The van der Waals surface area contributed by atoms with Crippen LogP contribution in [0.2, 0.25) is 0 Å². The Morgan fingerprint density at radius 3 is 2.21 bits per heavy atom. The summed E-state index contributed by atoms with van der Waals surface area (Å²) in [5, 5.41) is 0. The molecule has 28 heavy (non-hydrogen) atoms. The van der Waals surface area contributed by atoms with Crippen molar-refractivity contribution < 1.29 is 9.59 Å². The van der Waals surface area contributed by atoms with Gasteiger partial charge in [-0.3, -0.25) is 9.59 Å². The summed E-state index contributed by atoms with van der Waals surface area (Å²) >= 11 is 0. The summed E-state index contributed by atoms with van der Waals surface area (Å²) in [5.41, 5.74) is 3.54. The molecule has 0 spiro atoms. The highest BCUT2D eigenvalue weighted by Gasteiger charge is 2.20. The van der Waals surface area contributed by atoms with Gasteiger partial charge in [-0.2, -0.15) is 0 Å². The monoisotopic (exact) mass is 375 g/mol. The number of rotatable bonds is 9. The highest BCUT2D eigenvalue weighted by Crippen LogP contribution is 2.23. The Kier molecular flexibility index (Phi) is 8.41. The molecule has 1 amide bonds. The molecule has 146 valence electrons. The van der Waals surface area contributed by atoms with E-state index in [-0.39, 0.29) is 11.7 Å². The lowest BCUT2D eigenvalue weighted by Crippen LogP contribution is -2.30. The number of unbranched alkanes of at least 4 members (excludes halogenated alkanes) is 1. The fraction of sp³-hybridized carbons (Fsp3) is 0.280. The first-order valence-electron chi connectivity index (χ1n) is 9.92. The average molecular weight is 376 g/mol. The number of ketones is 1. The molecule has 0 aromatic heterocycles. The predicted molar refractivity (Wildman–Crippen MR) is 116 cm³/mol. The maximum Gasteiger partial charge on any atom is 0.258 e. The van der Waals surface area contributed by atoms with Crippen molar-refractivity contribution in [2.24, 2.45) is 0 Å². The van der Waals surface area contributed by atoms with Gasteiger partial charge in [0.15, 0.2) is 5.78 Å². The van der Waals surface area contributed by atoms with Crippen LogP contribution in [-0.2, 0) is 4.79 Å². The number of carbonyl (C=O) groups is 2. The van der Waals surface area contributed by atoms with Gasteiger partial charge in [-0.1, -0.05) is 74.4 Å². The van der Waals surface area contributed by atoms with Gasteiger partial charge in [-0.25, -0.2) is 0 Å². The van der Waals surface area contributed by atoms with Gasteiger partial charge in [0.25, 0.3) is 5.91 Å². The zero-order valence-electron chi connectivity index (χ0n) is 17.0. The molecular weight excluding hydrogens is 346 g/mol. The van der Waals surface area contributed by atoms with Crippen LogP contribution in [0, 0.1) is 6.92 Å². The van der Waals surface area contributed by atoms with Gasteiger partial charge in [0, 0.05) is 18.5 Å². The molecule has 3 nitrogen and oxygen atoms in total. The number of nitrogens with zero attached hydrogens (tertiary/aromatic N) is 1. The summed E-state index contributed by atoms with van der Waals surface area (Å²) in [6.07, 6.45) is 7.54. The molecule has 3 heteroatoms. The Balaban J connectivity index is 2.47. The molecule has 0 aliphatic carbocycles. The molecule has 0 radical (unpaired) electrons. The van der Waals surface area contributed by atoms with Gasteiger partial charge in [-0.05, 0) is 43.2 Å². The highest BCUT2D eigenvalue weighted by atomic mass is 16.2. The van der Waals surface area contributed by atoms with E-state index < -0.39 is 0 Å². The quantitative estimate of drug-likeness (QED) is 0.409. The second-order valence-corrected chi connectivity index (χ2v) is 6.77. The molecule has 0 bridgehead atoms. The Morgan fingerprint density at radius 1 is 0.929 bits per heavy atom. The van der Waals surface area contributed by atoms with Crippen LogP contribution in [0.1, 0.15) is 54.6 Å². The fourth-order valence-electron chi connectivity index (χ4n) is 2.81. The summed E-state index contributed by atoms with van der Waals surface area (Å²) in [6, 6.07) is 17.5. The Bertz CT molecular complexity index is 833. The maximum atomic E-state index is 13.3. The summed E-state index contributed by atoms with van der Waals surface area (Å²) in [6.45, 7) is 6.58. The lowest BCUT2D eigenvalue weighted by molar-refractivity contribution is -0.114. The zero-order chi connectivity index (χ0) is 20.4. The van der Waals surface area contributed by atoms with E-state index in [1.807, 2.05) is 79.4 Å². The van der Waals surface area contributed by atoms with Gasteiger partial charge in [0.05, 0.1) is 5.70 Å². The van der Waals surface area contributed by atoms with Crippen LogP contribution >= 0.6 is 0 Å². The summed E-state index contributed by atoms with van der Waals surface area (Å²) in [7, 11) is 0. The third-order valence-electron chi connectivity index (χ3n) is 4.52. The van der Waals surface area contributed by atoms with E-state index in [2.05, 4.69) is 6.92 Å². The zero-order valence-corrected chi connectivity index (χ0v) is 17.0. The van der Waals surface area contributed by atoms with E-state index in [1.54, 1.807) is 12.2 Å². The van der Waals surface area contributed by atoms with Crippen LogP contribution < -0.4 is 0 Å². The number of hydrogen-bond acceptors (Lipinski definition) is 2. The lowest BCUT2D eigenvalue weighted by Gasteiger charge is -2.26. The van der Waals surface area contributed by atoms with Crippen molar-refractivity contribution >= 4 is 17.4 Å². The first-order chi connectivity index (χ1) is 13.6. The SMILES string of the molecule is CCCCN(C(=O)c1ccc(C)cc1)C(=CC=CC(=O)CC)c1ccccc1. The number of carbonyl (C=O) groups excluding carboxylic acids is 2. The van der Waals surface area contributed by atoms with E-state index in [0.717, 1.165) is 29.7 Å². The third-order valence-corrected chi connectivity index (χ3v) is 4.52. The molecule has 0 heterocycles. The van der Waals surface area contributed by atoms with Crippen molar-refractivity contribution in [3.8, 4) is 0 Å². The minimum Gasteiger partial charge on any atom is -0.308 e. The lowest BCUT2D eigenvalue weighted by atomic mass is 10.1. The molecule has 0 atom stereocenters. The van der Waals surface area contributed by atoms with Crippen molar-refractivity contribution in [2.75, 3.05) is 6.54 Å². The normalized spacial score (nSPS) is 11.6. The van der Waals surface area contributed by atoms with Crippen LogP contribution in [0.4, 0.5) is 0 Å². The van der Waals surface area contributed by atoms with Crippen molar-refractivity contribution in [1.82, 2.24) is 4.90 Å². The molecule has 0 aliphatic rings. The van der Waals surface area contributed by atoms with Crippen LogP contribution in [0.15, 0.2) is 72.8 Å². The number of benzene rings is 2. The van der Waals surface area contributed by atoms with Crippen molar-refractivity contribution in [3.63, 3.8) is 0 Å². The number of allylic oxidation sites excluding steroid dienone is 3. The molecule has 0 fully saturated rings. The van der Waals surface area contributed by atoms with Gasteiger partial charge in [-0.15, -0.1) is 0 Å². The Morgan fingerprint density at radius 2 is 1.61 bits per heavy atom. The Labute approximate surface area is 168 Å². The summed E-state index contributed by atoms with van der Waals surface area (Å²) in [4.78, 5) is 26.8. The minimum absolute atomic E-state index is 0.0289. The van der Waals surface area contributed by atoms with Gasteiger partial charge in [0.1, 0.15) is 0 Å². The molecule has 2 aromatic carbocycles. The van der Waals surface area contributed by atoms with E-state index in [1.165, 1.54) is 0 Å². The third kappa shape index (κ3) is 6.05. The van der Waals surface area contributed by atoms with E-state index in [9.17, 15) is 9.59 Å². The second-order valence-electron chi connectivity index (χ2n) is 6.77. The van der Waals surface area contributed by atoms with Crippen LogP contribution in [0.25, 0.3) is 5.70 Å². The highest BCUT2D eigenvalue weighted by molar-refractivity contribution is 6.00. The topological polar surface area (TPSA) is 37.4 Å². The van der Waals surface area contributed by atoms with Crippen molar-refractivity contribution in [3.05, 3.63) is 89.5 Å².